The Hall–Kier alpha value is -5.79. The maximum absolute atomic E-state index is 13.9. The van der Waals surface area contributed by atoms with Crippen LogP contribution in [0.1, 0.15) is 66.7 Å². The Morgan fingerprint density at radius 1 is 0.976 bits per heavy atom. The van der Waals surface area contributed by atoms with Crippen LogP contribution in [0.2, 0.25) is 0 Å². The Morgan fingerprint density at radius 3 is 2.43 bits per heavy atom. The van der Waals surface area contributed by atoms with Crippen LogP contribution in [0.3, 0.4) is 0 Å². The molecule has 1 aliphatic rings. The van der Waals surface area contributed by atoms with Crippen LogP contribution in [-0.2, 0) is 0 Å². The molecular weight excluding hydrogens is 529 g/mol. The third-order valence-electron chi connectivity index (χ3n) is 7.12. The molecule has 3 aromatic carbocycles. The molecule has 2 atom stereocenters. The van der Waals surface area contributed by atoms with Crippen LogP contribution in [-0.4, -0.2) is 20.0 Å². The van der Waals surface area contributed by atoms with Crippen molar-refractivity contribution >= 4 is 22.3 Å². The van der Waals surface area contributed by atoms with E-state index in [1.807, 2.05) is 30.3 Å². The van der Waals surface area contributed by atoms with Crippen molar-refractivity contribution in [2.24, 2.45) is 0 Å². The predicted molar refractivity (Wildman–Crippen MR) is 154 cm³/mol. The van der Waals surface area contributed by atoms with E-state index < -0.39 is 17.9 Å². The summed E-state index contributed by atoms with van der Waals surface area (Å²) in [6.45, 7) is 0. The van der Waals surface area contributed by atoms with Gasteiger partial charge in [0.05, 0.1) is 60.5 Å². The summed E-state index contributed by atoms with van der Waals surface area (Å²) in [6.07, 6.45) is 5.19. The molecule has 0 aliphatic heterocycles. The summed E-state index contributed by atoms with van der Waals surface area (Å²) in [7, 11) is 0. The summed E-state index contributed by atoms with van der Waals surface area (Å²) >= 11 is 0. The van der Waals surface area contributed by atoms with Crippen LogP contribution in [0.4, 0.5) is 15.8 Å². The maximum Gasteiger partial charge on any atom is 0.123 e. The highest BCUT2D eigenvalue weighted by atomic mass is 19.1. The molecule has 2 unspecified atom stereocenters. The summed E-state index contributed by atoms with van der Waals surface area (Å²) in [5.41, 5.74) is 3.15. The van der Waals surface area contributed by atoms with Crippen molar-refractivity contribution in [1.29, 1.82) is 15.8 Å². The fraction of sp³-hybridized carbons (Fsp3) is 0.188. The van der Waals surface area contributed by atoms with Gasteiger partial charge >= 0.3 is 0 Å². The first-order chi connectivity index (χ1) is 20.9. The largest absolute Gasteiger partial charge is 0.376 e. The predicted octanol–water partition coefficient (Wildman–Crippen LogP) is 6.31. The molecule has 9 nitrogen and oxygen atoms in total. The van der Waals surface area contributed by atoms with Gasteiger partial charge in [-0.1, -0.05) is 47.7 Å². The molecule has 0 amide bonds. The van der Waals surface area contributed by atoms with Crippen molar-refractivity contribution in [3.8, 4) is 18.2 Å². The number of hydrogen-bond donors (Lipinski definition) is 2. The lowest BCUT2D eigenvalue weighted by molar-refractivity contribution is 0.610. The quantitative estimate of drug-likeness (QED) is 0.216. The minimum atomic E-state index is -1.71. The molecule has 2 aromatic heterocycles. The van der Waals surface area contributed by atoms with Crippen molar-refractivity contribution in [2.75, 3.05) is 10.6 Å². The Balaban J connectivity index is 1.49. The molecular formula is C32H24FN9. The standard InChI is InChI=1S/C32H24FN9/c33-24-8-6-21(7-9-24)32(29-19-42(41-40-29)26-10-11-26)38-25-14-22(16-35)30-27(15-25)31(23(17-36)18-37-30)39-28(12-13-34)20-4-2-1-3-5-20/h1-9,14-15,18-19,26,28,32,38H,10-12H2,(H,37,39)/i32D. The molecule has 0 saturated heterocycles. The van der Waals surface area contributed by atoms with Gasteiger partial charge in [0.1, 0.15) is 23.6 Å². The lowest BCUT2D eigenvalue weighted by Crippen LogP contribution is -2.14. The Labute approximate surface area is 242 Å². The van der Waals surface area contributed by atoms with Gasteiger partial charge in [0.15, 0.2) is 0 Å². The van der Waals surface area contributed by atoms with E-state index in [1.165, 1.54) is 30.5 Å². The van der Waals surface area contributed by atoms with Gasteiger partial charge in [0, 0.05) is 17.3 Å². The molecule has 2 N–H and O–H groups in total. The Morgan fingerprint density at radius 2 is 1.74 bits per heavy atom. The summed E-state index contributed by atoms with van der Waals surface area (Å²) in [5.74, 6) is -0.443. The van der Waals surface area contributed by atoms with Crippen molar-refractivity contribution < 1.29 is 5.76 Å². The van der Waals surface area contributed by atoms with Crippen LogP contribution >= 0.6 is 0 Å². The van der Waals surface area contributed by atoms with E-state index in [4.69, 9.17) is 0 Å². The monoisotopic (exact) mass is 554 g/mol. The second-order valence-corrected chi connectivity index (χ2v) is 9.98. The number of benzene rings is 3. The molecule has 204 valence electrons. The van der Waals surface area contributed by atoms with Gasteiger partial charge < -0.3 is 10.6 Å². The van der Waals surface area contributed by atoms with Crippen LogP contribution < -0.4 is 10.6 Å². The summed E-state index contributed by atoms with van der Waals surface area (Å²) < 4.78 is 25.2. The lowest BCUT2D eigenvalue weighted by atomic mass is 10.00. The Kier molecular flexibility index (Phi) is 6.82. The molecule has 42 heavy (non-hydrogen) atoms. The first kappa shape index (κ1) is 25.2. The third kappa shape index (κ3) is 5.32. The first-order valence-corrected chi connectivity index (χ1v) is 13.4. The van der Waals surface area contributed by atoms with Gasteiger partial charge in [-0.25, -0.2) is 9.07 Å². The highest BCUT2D eigenvalue weighted by molar-refractivity contribution is 5.99. The van der Waals surface area contributed by atoms with Gasteiger partial charge in [-0.05, 0) is 48.2 Å². The summed E-state index contributed by atoms with van der Waals surface area (Å²) in [6, 6.07) is 22.9. The molecule has 6 rings (SSSR count). The van der Waals surface area contributed by atoms with Gasteiger partial charge in [0.25, 0.3) is 0 Å². The third-order valence-corrected chi connectivity index (χ3v) is 7.12. The number of pyridine rings is 1. The first-order valence-electron chi connectivity index (χ1n) is 13.9. The number of rotatable bonds is 9. The minimum absolute atomic E-state index is 0.124. The zero-order valence-electron chi connectivity index (χ0n) is 23.3. The summed E-state index contributed by atoms with van der Waals surface area (Å²) in [5, 5.41) is 45.2. The molecule has 1 saturated carbocycles. The number of fused-ring (bicyclic) bond motifs is 1. The van der Waals surface area contributed by atoms with Crippen LogP contribution in [0.15, 0.2) is 79.1 Å². The zero-order valence-corrected chi connectivity index (χ0v) is 22.3. The number of nitrogens with one attached hydrogen (secondary N) is 2. The van der Waals surface area contributed by atoms with Crippen LogP contribution in [0.25, 0.3) is 10.9 Å². The molecule has 2 heterocycles. The van der Waals surface area contributed by atoms with E-state index in [0.29, 0.717) is 33.5 Å². The smallest absolute Gasteiger partial charge is 0.123 e. The van der Waals surface area contributed by atoms with Gasteiger partial charge in [-0.3, -0.25) is 4.98 Å². The highest BCUT2D eigenvalue weighted by Gasteiger charge is 2.27. The second kappa shape index (κ2) is 11.4. The van der Waals surface area contributed by atoms with E-state index in [2.05, 4.69) is 44.1 Å². The fourth-order valence-corrected chi connectivity index (χ4v) is 4.86. The number of anilines is 2. The van der Waals surface area contributed by atoms with Crippen molar-refractivity contribution in [3.63, 3.8) is 0 Å². The van der Waals surface area contributed by atoms with Crippen molar-refractivity contribution in [2.45, 2.75) is 37.4 Å². The normalized spacial score (nSPS) is 15.0. The number of halogens is 1. The SMILES string of the molecule is [2H]C(Nc1cc(C#N)c2ncc(C#N)c(NC(CC#N)c3ccccc3)c2c1)(c1ccc(F)cc1)c1cn(C2CC2)nn1. The molecule has 0 radical (unpaired) electrons. The average Bonchev–Trinajstić information content (AvgIpc) is 3.76. The molecule has 1 fully saturated rings. The van der Waals surface area contributed by atoms with Crippen molar-refractivity contribution in [3.05, 3.63) is 113 Å². The molecule has 0 spiro atoms. The average molecular weight is 555 g/mol. The fourth-order valence-electron chi connectivity index (χ4n) is 4.86. The lowest BCUT2D eigenvalue weighted by Gasteiger charge is -2.22. The minimum Gasteiger partial charge on any atom is -0.376 e. The number of nitrogens with zero attached hydrogens (tertiary/aromatic N) is 7. The van der Waals surface area contributed by atoms with Gasteiger partial charge in [-0.15, -0.1) is 5.10 Å². The number of hydrogen-bond acceptors (Lipinski definition) is 8. The molecule has 0 bridgehead atoms. The number of aromatic nitrogens is 4. The second-order valence-electron chi connectivity index (χ2n) is 9.98. The molecule has 5 aromatic rings. The van der Waals surface area contributed by atoms with E-state index >= 15 is 0 Å². The molecule has 1 aliphatic carbocycles. The van der Waals surface area contributed by atoms with Crippen LogP contribution in [0, 0.1) is 39.8 Å². The highest BCUT2D eigenvalue weighted by Crippen LogP contribution is 2.37. The van der Waals surface area contributed by atoms with Gasteiger partial charge in [-0.2, -0.15) is 15.8 Å². The van der Waals surface area contributed by atoms with E-state index in [-0.39, 0.29) is 23.6 Å². The van der Waals surface area contributed by atoms with E-state index in [1.54, 1.807) is 23.0 Å². The van der Waals surface area contributed by atoms with E-state index in [9.17, 15) is 21.5 Å². The Bertz CT molecular complexity index is 1930. The number of nitriles is 3. The van der Waals surface area contributed by atoms with Gasteiger partial charge in [0.2, 0.25) is 0 Å². The molecule has 10 heteroatoms. The van der Waals surface area contributed by atoms with Crippen LogP contribution in [0.5, 0.6) is 0 Å². The van der Waals surface area contributed by atoms with E-state index in [0.717, 1.165) is 18.4 Å². The topological polar surface area (TPSA) is 139 Å². The summed E-state index contributed by atoms with van der Waals surface area (Å²) in [4.78, 5) is 4.41. The zero-order chi connectivity index (χ0) is 30.0. The van der Waals surface area contributed by atoms with Crippen molar-refractivity contribution in [1.82, 2.24) is 20.0 Å². The maximum atomic E-state index is 13.9.